The van der Waals surface area contributed by atoms with Crippen molar-refractivity contribution in [3.8, 4) is 0 Å². The lowest BCUT2D eigenvalue weighted by molar-refractivity contribution is 0.102. The summed E-state index contributed by atoms with van der Waals surface area (Å²) in [7, 11) is 0. The summed E-state index contributed by atoms with van der Waals surface area (Å²) in [4.78, 5) is 12.0. The van der Waals surface area contributed by atoms with Gasteiger partial charge < -0.3 is 11.1 Å². The van der Waals surface area contributed by atoms with Crippen LogP contribution in [0.3, 0.4) is 0 Å². The molecule has 0 saturated heterocycles. The highest BCUT2D eigenvalue weighted by Gasteiger charge is 2.13. The Morgan fingerprint density at radius 3 is 2.68 bits per heavy atom. The van der Waals surface area contributed by atoms with Gasteiger partial charge in [-0.25, -0.2) is 4.39 Å². The second-order valence-electron chi connectivity index (χ2n) is 3.82. The lowest BCUT2D eigenvalue weighted by Crippen LogP contribution is -2.13. The van der Waals surface area contributed by atoms with Gasteiger partial charge in [-0.3, -0.25) is 4.79 Å². The van der Waals surface area contributed by atoms with E-state index in [1.54, 1.807) is 18.2 Å². The highest BCUT2D eigenvalue weighted by atomic mass is 79.9. The van der Waals surface area contributed by atoms with Crippen LogP contribution in [0.5, 0.6) is 0 Å². The topological polar surface area (TPSA) is 55.1 Å². The van der Waals surface area contributed by atoms with Crippen LogP contribution in [0.4, 0.5) is 15.8 Å². The Labute approximate surface area is 122 Å². The standard InChI is InChI=1S/C13H9BrClFN2O/c14-7-1-3-9(10(15)5-7)13(19)18-12-6-8(17)2-4-11(12)16/h1-6H,17H2,(H,18,19). The zero-order chi connectivity index (χ0) is 14.0. The molecular formula is C13H9BrClFN2O. The van der Waals surface area contributed by atoms with Crippen molar-refractivity contribution in [2.75, 3.05) is 11.1 Å². The van der Waals surface area contributed by atoms with Gasteiger partial charge in [-0.2, -0.15) is 0 Å². The predicted octanol–water partition coefficient (Wildman–Crippen LogP) is 4.08. The second-order valence-corrected chi connectivity index (χ2v) is 5.14. The maximum atomic E-state index is 13.5. The molecule has 0 heterocycles. The largest absolute Gasteiger partial charge is 0.399 e. The number of hydrogen-bond donors (Lipinski definition) is 2. The summed E-state index contributed by atoms with van der Waals surface area (Å²) in [5.41, 5.74) is 6.18. The molecule has 0 aromatic heterocycles. The summed E-state index contributed by atoms with van der Waals surface area (Å²) >= 11 is 9.19. The van der Waals surface area contributed by atoms with E-state index in [1.165, 1.54) is 18.2 Å². The van der Waals surface area contributed by atoms with Crippen LogP contribution in [0.15, 0.2) is 40.9 Å². The molecule has 2 rings (SSSR count). The zero-order valence-electron chi connectivity index (χ0n) is 9.58. The molecule has 0 saturated carbocycles. The molecule has 0 aliphatic heterocycles. The highest BCUT2D eigenvalue weighted by molar-refractivity contribution is 9.10. The van der Waals surface area contributed by atoms with Gasteiger partial charge in [0.25, 0.3) is 5.91 Å². The Bertz CT molecular complexity index is 649. The highest BCUT2D eigenvalue weighted by Crippen LogP contribution is 2.23. The number of carbonyl (C=O) groups is 1. The van der Waals surface area contributed by atoms with Crippen molar-refractivity contribution in [2.24, 2.45) is 0 Å². The van der Waals surface area contributed by atoms with Gasteiger partial charge >= 0.3 is 0 Å². The van der Waals surface area contributed by atoms with Crippen molar-refractivity contribution in [1.82, 2.24) is 0 Å². The molecule has 0 aliphatic rings. The molecule has 0 spiro atoms. The fourth-order valence-electron chi connectivity index (χ4n) is 1.50. The van der Waals surface area contributed by atoms with Crippen LogP contribution in [0.25, 0.3) is 0 Å². The van der Waals surface area contributed by atoms with Gasteiger partial charge in [0.15, 0.2) is 0 Å². The number of nitrogens with one attached hydrogen (secondary N) is 1. The number of anilines is 2. The number of nitrogens with two attached hydrogens (primary N) is 1. The summed E-state index contributed by atoms with van der Waals surface area (Å²) in [6.45, 7) is 0. The first-order valence-electron chi connectivity index (χ1n) is 5.29. The first-order chi connectivity index (χ1) is 8.97. The Morgan fingerprint density at radius 2 is 2.00 bits per heavy atom. The predicted molar refractivity (Wildman–Crippen MR) is 77.9 cm³/mol. The van der Waals surface area contributed by atoms with Gasteiger partial charge in [-0.05, 0) is 36.4 Å². The molecule has 0 bridgehead atoms. The lowest BCUT2D eigenvalue weighted by Gasteiger charge is -2.08. The number of benzene rings is 2. The molecule has 0 radical (unpaired) electrons. The third-order valence-corrected chi connectivity index (χ3v) is 3.22. The van der Waals surface area contributed by atoms with E-state index >= 15 is 0 Å². The van der Waals surface area contributed by atoms with E-state index in [9.17, 15) is 9.18 Å². The van der Waals surface area contributed by atoms with E-state index in [0.717, 1.165) is 4.47 Å². The molecule has 0 unspecified atom stereocenters. The van der Waals surface area contributed by atoms with Crippen LogP contribution in [0.1, 0.15) is 10.4 Å². The lowest BCUT2D eigenvalue weighted by atomic mass is 10.2. The van der Waals surface area contributed by atoms with E-state index in [2.05, 4.69) is 21.2 Å². The second kappa shape index (κ2) is 5.59. The Hall–Kier alpha value is -1.59. The first kappa shape index (κ1) is 13.8. The molecule has 3 N–H and O–H groups in total. The van der Waals surface area contributed by atoms with Gasteiger partial charge in [0, 0.05) is 10.2 Å². The average molecular weight is 344 g/mol. The van der Waals surface area contributed by atoms with Crippen LogP contribution < -0.4 is 11.1 Å². The molecule has 1 amide bonds. The molecule has 6 heteroatoms. The van der Waals surface area contributed by atoms with Gasteiger partial charge in [0.1, 0.15) is 5.82 Å². The van der Waals surface area contributed by atoms with E-state index in [4.69, 9.17) is 17.3 Å². The fourth-order valence-corrected chi connectivity index (χ4v) is 2.26. The smallest absolute Gasteiger partial charge is 0.257 e. The van der Waals surface area contributed by atoms with Crippen molar-refractivity contribution < 1.29 is 9.18 Å². The van der Waals surface area contributed by atoms with Crippen molar-refractivity contribution in [3.05, 3.63) is 57.3 Å². The summed E-state index contributed by atoms with van der Waals surface area (Å²) in [6.07, 6.45) is 0. The molecule has 0 aliphatic carbocycles. The molecule has 98 valence electrons. The third kappa shape index (κ3) is 3.24. The number of rotatable bonds is 2. The molecule has 3 nitrogen and oxygen atoms in total. The number of halogens is 3. The quantitative estimate of drug-likeness (QED) is 0.807. The number of amides is 1. The van der Waals surface area contributed by atoms with Crippen LogP contribution in [-0.2, 0) is 0 Å². The van der Waals surface area contributed by atoms with Crippen LogP contribution in [-0.4, -0.2) is 5.91 Å². The van der Waals surface area contributed by atoms with Gasteiger partial charge in [-0.1, -0.05) is 27.5 Å². The molecule has 2 aromatic carbocycles. The summed E-state index contributed by atoms with van der Waals surface area (Å²) < 4.78 is 14.3. The molecular weight excluding hydrogens is 335 g/mol. The summed E-state index contributed by atoms with van der Waals surface area (Å²) in [6, 6.07) is 8.76. The van der Waals surface area contributed by atoms with Crippen LogP contribution in [0.2, 0.25) is 5.02 Å². The van der Waals surface area contributed by atoms with E-state index in [-0.39, 0.29) is 16.3 Å². The monoisotopic (exact) mass is 342 g/mol. The van der Waals surface area contributed by atoms with Gasteiger partial charge in [0.2, 0.25) is 0 Å². The van der Waals surface area contributed by atoms with Crippen molar-refractivity contribution in [2.45, 2.75) is 0 Å². The third-order valence-electron chi connectivity index (χ3n) is 2.41. The minimum Gasteiger partial charge on any atom is -0.399 e. The van der Waals surface area contributed by atoms with Crippen molar-refractivity contribution >= 4 is 44.8 Å². The molecule has 0 fully saturated rings. The Kier molecular flexibility index (Phi) is 4.07. The molecule has 2 aromatic rings. The Morgan fingerprint density at radius 1 is 1.26 bits per heavy atom. The average Bonchev–Trinajstić information content (AvgIpc) is 2.33. The molecule has 19 heavy (non-hydrogen) atoms. The summed E-state index contributed by atoms with van der Waals surface area (Å²) in [5.74, 6) is -1.06. The van der Waals surface area contributed by atoms with E-state index < -0.39 is 11.7 Å². The van der Waals surface area contributed by atoms with Crippen molar-refractivity contribution in [3.63, 3.8) is 0 Å². The minimum absolute atomic E-state index is 0.0176. The summed E-state index contributed by atoms with van der Waals surface area (Å²) in [5, 5.41) is 2.71. The molecule has 0 atom stereocenters. The normalized spacial score (nSPS) is 10.3. The maximum absolute atomic E-state index is 13.5. The minimum atomic E-state index is -0.559. The van der Waals surface area contributed by atoms with Crippen molar-refractivity contribution in [1.29, 1.82) is 0 Å². The number of carbonyl (C=O) groups excluding carboxylic acids is 1. The fraction of sp³-hybridized carbons (Fsp3) is 0. The number of nitrogen functional groups attached to an aromatic ring is 1. The maximum Gasteiger partial charge on any atom is 0.257 e. The first-order valence-corrected chi connectivity index (χ1v) is 6.46. The van der Waals surface area contributed by atoms with Gasteiger partial charge in [-0.15, -0.1) is 0 Å². The van der Waals surface area contributed by atoms with Gasteiger partial charge in [0.05, 0.1) is 16.3 Å². The SMILES string of the molecule is Nc1ccc(F)c(NC(=O)c2ccc(Br)cc2Cl)c1. The number of hydrogen-bond acceptors (Lipinski definition) is 2. The van der Waals surface area contributed by atoms with Crippen LogP contribution in [0, 0.1) is 5.82 Å². The van der Waals surface area contributed by atoms with E-state index in [0.29, 0.717) is 5.69 Å². The zero-order valence-corrected chi connectivity index (χ0v) is 11.9. The van der Waals surface area contributed by atoms with Crippen LogP contribution >= 0.6 is 27.5 Å². The van der Waals surface area contributed by atoms with E-state index in [1.807, 2.05) is 0 Å². The Balaban J connectivity index is 2.28.